The lowest BCUT2D eigenvalue weighted by Crippen LogP contribution is -2.51. The summed E-state index contributed by atoms with van der Waals surface area (Å²) in [6, 6.07) is 1.98. The first kappa shape index (κ1) is 17.7. The number of pyridine rings is 1. The molecule has 0 unspecified atom stereocenters. The lowest BCUT2D eigenvalue weighted by atomic mass is 10.2. The van der Waals surface area contributed by atoms with E-state index in [1.165, 1.54) is 0 Å². The molecule has 0 saturated carbocycles. The van der Waals surface area contributed by atoms with Crippen LogP contribution in [-0.4, -0.2) is 64.0 Å². The zero-order chi connectivity index (χ0) is 18.1. The second kappa shape index (κ2) is 7.03. The number of halogens is 1. The molecule has 0 radical (unpaired) electrons. The summed E-state index contributed by atoms with van der Waals surface area (Å²) in [7, 11) is 0. The normalized spacial score (nSPS) is 14.9. The first-order valence-electron chi connectivity index (χ1n) is 8.28. The van der Waals surface area contributed by atoms with Crippen LogP contribution in [0.4, 0.5) is 4.79 Å². The highest BCUT2D eigenvalue weighted by Gasteiger charge is 2.28. The topological polar surface area (TPSA) is 67.2 Å². The maximum atomic E-state index is 13.0. The summed E-state index contributed by atoms with van der Waals surface area (Å²) in [6.45, 7) is 7.88. The van der Waals surface area contributed by atoms with Gasteiger partial charge >= 0.3 is 6.09 Å². The van der Waals surface area contributed by atoms with Gasteiger partial charge in [0.15, 0.2) is 0 Å². The summed E-state index contributed by atoms with van der Waals surface area (Å²) < 4.78 is 7.76. The molecule has 2 amide bonds. The van der Waals surface area contributed by atoms with Gasteiger partial charge < -0.3 is 14.5 Å². The summed E-state index contributed by atoms with van der Waals surface area (Å²) in [6.07, 6.45) is 1.55. The lowest BCUT2D eigenvalue weighted by Gasteiger charge is -2.34. The van der Waals surface area contributed by atoms with E-state index in [0.717, 1.165) is 15.7 Å². The minimum absolute atomic E-state index is 0.0639. The van der Waals surface area contributed by atoms with E-state index in [2.05, 4.69) is 20.9 Å². The number of nitrogens with zero attached hydrogens (tertiary/aromatic N) is 4. The molecule has 0 spiro atoms. The van der Waals surface area contributed by atoms with Crippen molar-refractivity contribution >= 4 is 33.6 Å². The third kappa shape index (κ3) is 3.35. The van der Waals surface area contributed by atoms with Gasteiger partial charge in [0, 0.05) is 36.8 Å². The van der Waals surface area contributed by atoms with Crippen LogP contribution in [-0.2, 0) is 4.74 Å². The van der Waals surface area contributed by atoms with Crippen molar-refractivity contribution in [3.63, 3.8) is 0 Å². The molecule has 25 heavy (non-hydrogen) atoms. The number of imidazole rings is 1. The molecule has 3 rings (SSSR count). The highest BCUT2D eigenvalue weighted by atomic mass is 79.9. The molecule has 1 aliphatic rings. The highest BCUT2D eigenvalue weighted by molar-refractivity contribution is 9.10. The molecule has 3 heterocycles. The smallest absolute Gasteiger partial charge is 0.409 e. The largest absolute Gasteiger partial charge is 0.450 e. The van der Waals surface area contributed by atoms with Crippen LogP contribution in [0.3, 0.4) is 0 Å². The molecule has 1 fully saturated rings. The van der Waals surface area contributed by atoms with Crippen LogP contribution in [0.25, 0.3) is 5.65 Å². The number of aromatic nitrogens is 2. The van der Waals surface area contributed by atoms with Crippen LogP contribution in [0.2, 0.25) is 0 Å². The Morgan fingerprint density at radius 1 is 1.20 bits per heavy atom. The summed E-state index contributed by atoms with van der Waals surface area (Å²) in [5.41, 5.74) is 3.07. The second-order valence-electron chi connectivity index (χ2n) is 6.06. The fourth-order valence-electron chi connectivity index (χ4n) is 3.10. The van der Waals surface area contributed by atoms with Gasteiger partial charge in [-0.05, 0) is 48.3 Å². The van der Waals surface area contributed by atoms with Crippen molar-refractivity contribution in [2.24, 2.45) is 0 Å². The molecule has 1 aliphatic heterocycles. The molecule has 0 bridgehead atoms. The second-order valence-corrected chi connectivity index (χ2v) is 6.97. The zero-order valence-corrected chi connectivity index (χ0v) is 16.2. The van der Waals surface area contributed by atoms with Crippen molar-refractivity contribution in [1.29, 1.82) is 0 Å². The maximum Gasteiger partial charge on any atom is 0.409 e. The van der Waals surface area contributed by atoms with Gasteiger partial charge in [0.25, 0.3) is 5.91 Å². The number of carbonyl (C=O) groups is 2. The van der Waals surface area contributed by atoms with E-state index in [-0.39, 0.29) is 12.0 Å². The Morgan fingerprint density at radius 2 is 1.84 bits per heavy atom. The van der Waals surface area contributed by atoms with Gasteiger partial charge in [-0.3, -0.25) is 9.20 Å². The van der Waals surface area contributed by atoms with Gasteiger partial charge in [-0.2, -0.15) is 0 Å². The van der Waals surface area contributed by atoms with Gasteiger partial charge in [0.05, 0.1) is 12.3 Å². The van der Waals surface area contributed by atoms with E-state index in [4.69, 9.17) is 4.74 Å². The molecular formula is C17H21BrN4O3. The van der Waals surface area contributed by atoms with Crippen molar-refractivity contribution < 1.29 is 14.3 Å². The number of amides is 2. The quantitative estimate of drug-likeness (QED) is 0.765. The van der Waals surface area contributed by atoms with Crippen LogP contribution in [0.1, 0.15) is 28.7 Å². The van der Waals surface area contributed by atoms with Crippen LogP contribution < -0.4 is 0 Å². The first-order chi connectivity index (χ1) is 11.9. The number of aryl methyl sites for hydroxylation is 2. The third-order valence-corrected chi connectivity index (χ3v) is 4.77. The Bertz CT molecular complexity index is 825. The van der Waals surface area contributed by atoms with Gasteiger partial charge in [-0.25, -0.2) is 9.78 Å². The molecule has 0 N–H and O–H groups in total. The molecule has 2 aromatic rings. The fourth-order valence-corrected chi connectivity index (χ4v) is 3.64. The van der Waals surface area contributed by atoms with E-state index >= 15 is 0 Å². The fraction of sp³-hybridized carbons (Fsp3) is 0.471. The Hall–Kier alpha value is -2.09. The number of hydrogen-bond acceptors (Lipinski definition) is 4. The average molecular weight is 409 g/mol. The van der Waals surface area contributed by atoms with Crippen molar-refractivity contribution in [3.05, 3.63) is 33.7 Å². The van der Waals surface area contributed by atoms with Gasteiger partial charge in [-0.15, -0.1) is 0 Å². The number of fused-ring (bicyclic) bond motifs is 1. The van der Waals surface area contributed by atoms with Crippen LogP contribution >= 0.6 is 15.9 Å². The molecule has 0 atom stereocenters. The first-order valence-corrected chi connectivity index (χ1v) is 9.07. The third-order valence-electron chi connectivity index (χ3n) is 4.34. The maximum absolute atomic E-state index is 13.0. The number of hydrogen-bond donors (Lipinski definition) is 0. The van der Waals surface area contributed by atoms with Crippen LogP contribution in [0, 0.1) is 13.8 Å². The summed E-state index contributed by atoms with van der Waals surface area (Å²) in [4.78, 5) is 32.8. The van der Waals surface area contributed by atoms with Crippen molar-refractivity contribution in [2.45, 2.75) is 20.8 Å². The summed E-state index contributed by atoms with van der Waals surface area (Å²) in [5.74, 6) is -0.0639. The zero-order valence-electron chi connectivity index (χ0n) is 14.6. The minimum atomic E-state index is -0.319. The van der Waals surface area contributed by atoms with Gasteiger partial charge in [0.2, 0.25) is 0 Å². The molecule has 1 saturated heterocycles. The van der Waals surface area contributed by atoms with E-state index in [9.17, 15) is 9.59 Å². The lowest BCUT2D eigenvalue weighted by molar-refractivity contribution is 0.0564. The Labute approximate surface area is 154 Å². The Morgan fingerprint density at radius 3 is 2.48 bits per heavy atom. The Kier molecular flexibility index (Phi) is 4.99. The Balaban J connectivity index is 1.82. The van der Waals surface area contributed by atoms with Crippen molar-refractivity contribution in [1.82, 2.24) is 19.2 Å². The van der Waals surface area contributed by atoms with E-state index < -0.39 is 0 Å². The average Bonchev–Trinajstić information content (AvgIpc) is 2.91. The molecule has 0 aromatic carbocycles. The van der Waals surface area contributed by atoms with Crippen LogP contribution in [0.5, 0.6) is 0 Å². The van der Waals surface area contributed by atoms with E-state index in [1.54, 1.807) is 16.7 Å². The number of piperazine rings is 1. The number of ether oxygens (including phenoxy) is 1. The van der Waals surface area contributed by atoms with E-state index in [1.807, 2.05) is 30.5 Å². The molecular weight excluding hydrogens is 388 g/mol. The standard InChI is InChI=1S/C17H21BrN4O3/c1-4-25-17(24)21-7-5-20(6-8-21)16(23)14-12(3)19-15-11(2)9-13(18)10-22(14)15/h9-10H,4-8H2,1-3H3. The monoisotopic (exact) mass is 408 g/mol. The van der Waals surface area contributed by atoms with Crippen molar-refractivity contribution in [2.75, 3.05) is 32.8 Å². The molecule has 134 valence electrons. The van der Waals surface area contributed by atoms with Gasteiger partial charge in [-0.1, -0.05) is 0 Å². The molecule has 7 nitrogen and oxygen atoms in total. The predicted octanol–water partition coefficient (Wildman–Crippen LogP) is 2.63. The predicted molar refractivity (Wildman–Crippen MR) is 96.9 cm³/mol. The highest BCUT2D eigenvalue weighted by Crippen LogP contribution is 2.22. The SMILES string of the molecule is CCOC(=O)N1CCN(C(=O)c2c(C)nc3c(C)cc(Br)cn23)CC1. The van der Waals surface area contributed by atoms with Gasteiger partial charge in [0.1, 0.15) is 11.3 Å². The molecule has 8 heteroatoms. The molecule has 2 aromatic heterocycles. The number of rotatable bonds is 2. The minimum Gasteiger partial charge on any atom is -0.450 e. The van der Waals surface area contributed by atoms with Crippen molar-refractivity contribution in [3.8, 4) is 0 Å². The van der Waals surface area contributed by atoms with Crippen LogP contribution in [0.15, 0.2) is 16.7 Å². The number of carbonyl (C=O) groups excluding carboxylic acids is 2. The summed E-state index contributed by atoms with van der Waals surface area (Å²) >= 11 is 3.48. The summed E-state index contributed by atoms with van der Waals surface area (Å²) in [5, 5.41) is 0. The molecule has 0 aliphatic carbocycles. The van der Waals surface area contributed by atoms with E-state index in [0.29, 0.717) is 44.2 Å².